The predicted octanol–water partition coefficient (Wildman–Crippen LogP) is 4.18. The van der Waals surface area contributed by atoms with Crippen LogP contribution in [0.15, 0.2) is 61.1 Å². The fourth-order valence-electron chi connectivity index (χ4n) is 4.34. The maximum atomic E-state index is 13.8. The molecule has 43 heavy (non-hydrogen) atoms. The van der Waals surface area contributed by atoms with Crippen molar-refractivity contribution in [3.8, 4) is 6.07 Å². The van der Waals surface area contributed by atoms with Gasteiger partial charge in [-0.3, -0.25) is 9.59 Å². The molecule has 0 aliphatic carbocycles. The van der Waals surface area contributed by atoms with Crippen LogP contribution >= 0.6 is 12.2 Å². The number of alkyl halides is 3. The molecule has 0 aliphatic heterocycles. The zero-order chi connectivity index (χ0) is 31.8. The van der Waals surface area contributed by atoms with Gasteiger partial charge >= 0.3 is 12.1 Å². The molecule has 1 unspecified atom stereocenters. The Bertz CT molecular complexity index is 1480. The molecule has 0 fully saturated rings. The summed E-state index contributed by atoms with van der Waals surface area (Å²) >= 11 is 5.47. The first-order chi connectivity index (χ1) is 20.3. The molecule has 1 atom stereocenters. The molecule has 3 rings (SSSR count). The predicted molar refractivity (Wildman–Crippen MR) is 157 cm³/mol. The van der Waals surface area contributed by atoms with Crippen LogP contribution in [0.25, 0.3) is 0 Å². The van der Waals surface area contributed by atoms with Gasteiger partial charge in [0, 0.05) is 31.4 Å². The normalized spacial score (nSPS) is 12.2. The number of carbonyl (C=O) groups excluding carboxylic acids is 2. The van der Waals surface area contributed by atoms with Crippen molar-refractivity contribution in [3.63, 3.8) is 0 Å². The van der Waals surface area contributed by atoms with Crippen molar-refractivity contribution in [2.45, 2.75) is 52.6 Å². The van der Waals surface area contributed by atoms with Crippen molar-refractivity contribution >= 4 is 29.1 Å². The van der Waals surface area contributed by atoms with E-state index in [1.54, 1.807) is 50.0 Å². The lowest BCUT2D eigenvalue weighted by Gasteiger charge is -2.40. The van der Waals surface area contributed by atoms with Crippen molar-refractivity contribution in [2.75, 3.05) is 13.2 Å². The number of nitrogens with zero attached hydrogens (tertiary/aromatic N) is 4. The summed E-state index contributed by atoms with van der Waals surface area (Å²) in [4.78, 5) is 31.1. The molecule has 3 aromatic rings. The van der Waals surface area contributed by atoms with Crippen LogP contribution in [0, 0.1) is 16.7 Å². The first-order valence-corrected chi connectivity index (χ1v) is 13.8. The Morgan fingerprint density at radius 3 is 2.49 bits per heavy atom. The van der Waals surface area contributed by atoms with E-state index in [4.69, 9.17) is 28.0 Å². The van der Waals surface area contributed by atoms with Crippen LogP contribution in [0.4, 0.5) is 13.2 Å². The van der Waals surface area contributed by atoms with Crippen molar-refractivity contribution in [1.29, 1.82) is 5.26 Å². The van der Waals surface area contributed by atoms with Crippen molar-refractivity contribution in [2.24, 2.45) is 11.1 Å². The number of aromatic nitrogens is 2. The lowest BCUT2D eigenvalue weighted by Crippen LogP contribution is -2.59. The highest BCUT2D eigenvalue weighted by Crippen LogP contribution is 2.34. The van der Waals surface area contributed by atoms with Gasteiger partial charge in [-0.15, -0.1) is 0 Å². The van der Waals surface area contributed by atoms with Gasteiger partial charge in [-0.25, -0.2) is 4.98 Å². The molecular weight excluding hydrogens is 581 g/mol. The van der Waals surface area contributed by atoms with Gasteiger partial charge in [-0.2, -0.15) is 18.4 Å². The second-order valence-corrected chi connectivity index (χ2v) is 10.7. The molecule has 1 heterocycles. The number of Topliss-reactive ketones (excluding diaryl/α,β-unsaturated/α-hetero) is 1. The Morgan fingerprint density at radius 2 is 1.86 bits per heavy atom. The maximum absolute atomic E-state index is 13.8. The average Bonchev–Trinajstić information content (AvgIpc) is 3.40. The van der Waals surface area contributed by atoms with Gasteiger partial charge < -0.3 is 25.3 Å². The molecule has 9 nitrogen and oxygen atoms in total. The van der Waals surface area contributed by atoms with E-state index in [0.717, 1.165) is 11.6 Å². The van der Waals surface area contributed by atoms with E-state index in [1.165, 1.54) is 23.1 Å². The number of nitrogens with one attached hydrogen (secondary N) is 1. The fraction of sp³-hybridized carbons (Fsp3) is 0.367. The number of halogens is 3. The summed E-state index contributed by atoms with van der Waals surface area (Å²) in [6.07, 6.45) is -2.73. The van der Waals surface area contributed by atoms with Gasteiger partial charge in [0.1, 0.15) is 12.3 Å². The Morgan fingerprint density at radius 1 is 1.19 bits per heavy atom. The van der Waals surface area contributed by atoms with Crippen molar-refractivity contribution in [3.05, 3.63) is 89.0 Å². The molecule has 0 bridgehead atoms. The molecule has 0 saturated heterocycles. The molecule has 2 aromatic carbocycles. The van der Waals surface area contributed by atoms with Crippen LogP contribution in [0.2, 0.25) is 0 Å². The number of rotatable bonds is 12. The number of imidazole rings is 1. The van der Waals surface area contributed by atoms with Crippen LogP contribution < -0.4 is 11.1 Å². The number of esters is 1. The van der Waals surface area contributed by atoms with Crippen LogP contribution in [-0.4, -0.2) is 50.6 Å². The SMILES string of the molecule is CCOC(=O)CNC(=S)N(Cc1ccccc1C(F)(F)F)C(N)C(C)(C)C(=O)Cc1cncn1Cc1ccc(C#N)cc1. The number of ketones is 1. The average molecular weight is 615 g/mol. The van der Waals surface area contributed by atoms with Crippen molar-refractivity contribution in [1.82, 2.24) is 19.8 Å². The van der Waals surface area contributed by atoms with Gasteiger partial charge in [0.25, 0.3) is 0 Å². The third kappa shape index (κ3) is 8.62. The Kier molecular flexibility index (Phi) is 11.0. The minimum absolute atomic E-state index is 0.0625. The van der Waals surface area contributed by atoms with Crippen molar-refractivity contribution < 1.29 is 27.5 Å². The molecule has 3 N–H and O–H groups in total. The van der Waals surface area contributed by atoms with E-state index in [1.807, 2.05) is 12.1 Å². The Labute approximate surface area is 253 Å². The third-order valence-corrected chi connectivity index (χ3v) is 7.36. The van der Waals surface area contributed by atoms with Crippen LogP contribution in [-0.2, 0) is 40.0 Å². The molecule has 228 valence electrons. The summed E-state index contributed by atoms with van der Waals surface area (Å²) in [6.45, 7) is 4.66. The van der Waals surface area contributed by atoms with E-state index in [2.05, 4.69) is 16.4 Å². The number of hydrogen-bond acceptors (Lipinski definition) is 7. The molecule has 0 saturated carbocycles. The summed E-state index contributed by atoms with van der Waals surface area (Å²) in [5.41, 5.74) is 6.37. The molecule has 0 aliphatic rings. The largest absolute Gasteiger partial charge is 0.465 e. The first-order valence-electron chi connectivity index (χ1n) is 13.4. The highest BCUT2D eigenvalue weighted by atomic mass is 32.1. The zero-order valence-corrected chi connectivity index (χ0v) is 24.8. The number of carbonyl (C=O) groups is 2. The molecular formula is C30H33F3N6O3S. The first kappa shape index (κ1) is 33.2. The van der Waals surface area contributed by atoms with Gasteiger partial charge in [0.2, 0.25) is 0 Å². The number of nitrogens with two attached hydrogens (primary N) is 1. The topological polar surface area (TPSA) is 126 Å². The lowest BCUT2D eigenvalue weighted by molar-refractivity contribution is -0.141. The second-order valence-electron chi connectivity index (χ2n) is 10.3. The third-order valence-electron chi connectivity index (χ3n) is 6.98. The van der Waals surface area contributed by atoms with E-state index in [-0.39, 0.29) is 42.6 Å². The highest BCUT2D eigenvalue weighted by Gasteiger charge is 2.40. The minimum Gasteiger partial charge on any atom is -0.465 e. The number of thiocarbonyl (C=S) groups is 1. The maximum Gasteiger partial charge on any atom is 0.416 e. The Balaban J connectivity index is 1.86. The summed E-state index contributed by atoms with van der Waals surface area (Å²) in [6, 6.07) is 14.1. The van der Waals surface area contributed by atoms with Gasteiger partial charge in [-0.05, 0) is 62.3 Å². The summed E-state index contributed by atoms with van der Waals surface area (Å²) in [7, 11) is 0. The van der Waals surface area contributed by atoms with Crippen LogP contribution in [0.3, 0.4) is 0 Å². The Hall–Kier alpha value is -4.28. The molecule has 0 amide bonds. The quantitative estimate of drug-likeness (QED) is 0.176. The zero-order valence-electron chi connectivity index (χ0n) is 24.0. The summed E-state index contributed by atoms with van der Waals surface area (Å²) < 4.78 is 48.1. The summed E-state index contributed by atoms with van der Waals surface area (Å²) in [5, 5.41) is 11.6. The monoisotopic (exact) mass is 614 g/mol. The van der Waals surface area contributed by atoms with Gasteiger partial charge in [-0.1, -0.05) is 30.3 Å². The number of ether oxygens (including phenoxy) is 1. The van der Waals surface area contributed by atoms with E-state index < -0.39 is 29.3 Å². The number of benzene rings is 2. The van der Waals surface area contributed by atoms with E-state index in [9.17, 15) is 22.8 Å². The fourth-order valence-corrected chi connectivity index (χ4v) is 4.59. The molecule has 1 aromatic heterocycles. The molecule has 0 radical (unpaired) electrons. The summed E-state index contributed by atoms with van der Waals surface area (Å²) in [5.74, 6) is -0.913. The lowest BCUT2D eigenvalue weighted by atomic mass is 9.82. The number of nitriles is 1. The highest BCUT2D eigenvalue weighted by molar-refractivity contribution is 7.80. The standard InChI is InChI=1S/C30H33F3N6O3S/c1-4-42-26(41)16-37-28(43)39(18-22-7-5-6-8-24(22)30(31,32)33)27(35)29(2,3)25(40)13-23-15-36-19-38(23)17-21-11-9-20(14-34)10-12-21/h5-12,15,19,27H,4,13,16-18,35H2,1-3H3,(H,37,43). The molecule has 0 spiro atoms. The van der Waals surface area contributed by atoms with E-state index in [0.29, 0.717) is 17.8 Å². The second kappa shape index (κ2) is 14.3. The van der Waals surface area contributed by atoms with Gasteiger partial charge in [0.15, 0.2) is 5.11 Å². The smallest absolute Gasteiger partial charge is 0.416 e. The van der Waals surface area contributed by atoms with Crippen LogP contribution in [0.1, 0.15) is 48.7 Å². The van der Waals surface area contributed by atoms with Crippen LogP contribution in [0.5, 0.6) is 0 Å². The minimum atomic E-state index is -4.63. The number of hydrogen-bond donors (Lipinski definition) is 2. The van der Waals surface area contributed by atoms with E-state index >= 15 is 0 Å². The molecule has 13 heteroatoms. The van der Waals surface area contributed by atoms with Gasteiger partial charge in [0.05, 0.1) is 41.7 Å².